The Labute approximate surface area is 172 Å². The van der Waals surface area contributed by atoms with E-state index < -0.39 is 5.91 Å². The Balaban J connectivity index is 1.75. The summed E-state index contributed by atoms with van der Waals surface area (Å²) >= 11 is 0. The van der Waals surface area contributed by atoms with Crippen LogP contribution in [0.1, 0.15) is 34.2 Å². The minimum atomic E-state index is -0.490. The Morgan fingerprint density at radius 2 is 1.97 bits per heavy atom. The molecule has 7 nitrogen and oxygen atoms in total. The van der Waals surface area contributed by atoms with Gasteiger partial charge in [0.25, 0.3) is 5.95 Å². The van der Waals surface area contributed by atoms with Crippen LogP contribution in [0.5, 0.6) is 0 Å². The number of aryl methyl sites for hydroxylation is 2. The van der Waals surface area contributed by atoms with Crippen LogP contribution in [0.2, 0.25) is 0 Å². The molecule has 0 fully saturated rings. The van der Waals surface area contributed by atoms with E-state index >= 15 is 0 Å². The van der Waals surface area contributed by atoms with Gasteiger partial charge in [0, 0.05) is 23.2 Å². The van der Waals surface area contributed by atoms with Gasteiger partial charge in [-0.05, 0) is 49.2 Å². The number of benzene rings is 2. The number of amides is 1. The molecule has 2 heterocycles. The van der Waals surface area contributed by atoms with E-state index in [0.29, 0.717) is 36.0 Å². The van der Waals surface area contributed by atoms with Crippen LogP contribution >= 0.6 is 0 Å². The molecule has 0 unspecified atom stereocenters. The first-order valence-corrected chi connectivity index (χ1v) is 9.61. The third kappa shape index (κ3) is 3.59. The van der Waals surface area contributed by atoms with Crippen molar-refractivity contribution in [3.8, 4) is 5.95 Å². The monoisotopic (exact) mass is 404 g/mol. The fraction of sp³-hybridized carbons (Fsp3) is 0.182. The molecule has 2 aromatic heterocycles. The van der Waals surface area contributed by atoms with Gasteiger partial charge >= 0.3 is 0 Å². The molecule has 4 rings (SSSR count). The van der Waals surface area contributed by atoms with Crippen molar-refractivity contribution in [1.29, 1.82) is 0 Å². The van der Waals surface area contributed by atoms with Crippen molar-refractivity contribution < 1.29 is 9.18 Å². The summed E-state index contributed by atoms with van der Waals surface area (Å²) in [4.78, 5) is 16.5. The fourth-order valence-electron chi connectivity index (χ4n) is 3.49. The standard InChI is InChI=1S/C22H21FN6O/c1-3-18-21(25-12-14-6-4-7-15(23)11-14)26-22(28-27-18)29-13(2)10-17-16(20(24)30)8-5-9-19(17)29/h4-11H,3,12H2,1-2H3,(H2,24,30)(H,25,26,28). The second-order valence-electron chi connectivity index (χ2n) is 6.97. The van der Waals surface area contributed by atoms with Crippen molar-refractivity contribution in [2.75, 3.05) is 5.32 Å². The summed E-state index contributed by atoms with van der Waals surface area (Å²) in [6.45, 7) is 4.27. The fourth-order valence-corrected chi connectivity index (χ4v) is 3.49. The number of nitrogens with one attached hydrogen (secondary N) is 1. The molecule has 0 aliphatic rings. The normalized spacial score (nSPS) is 11.0. The second-order valence-corrected chi connectivity index (χ2v) is 6.97. The number of hydrogen-bond acceptors (Lipinski definition) is 5. The zero-order valence-corrected chi connectivity index (χ0v) is 16.7. The van der Waals surface area contributed by atoms with Crippen LogP contribution in [-0.4, -0.2) is 25.7 Å². The number of primary amides is 1. The predicted octanol–water partition coefficient (Wildman–Crippen LogP) is 3.54. The first kappa shape index (κ1) is 19.5. The van der Waals surface area contributed by atoms with Crippen LogP contribution in [-0.2, 0) is 13.0 Å². The van der Waals surface area contributed by atoms with E-state index in [1.807, 2.05) is 36.6 Å². The molecule has 30 heavy (non-hydrogen) atoms. The maximum absolute atomic E-state index is 13.5. The molecular weight excluding hydrogens is 383 g/mol. The van der Waals surface area contributed by atoms with Gasteiger partial charge < -0.3 is 11.1 Å². The van der Waals surface area contributed by atoms with Gasteiger partial charge in [-0.2, -0.15) is 4.98 Å². The minimum Gasteiger partial charge on any atom is -0.366 e. The van der Waals surface area contributed by atoms with E-state index in [1.165, 1.54) is 12.1 Å². The third-order valence-electron chi connectivity index (χ3n) is 4.92. The Morgan fingerprint density at radius 1 is 1.17 bits per heavy atom. The number of carbonyl (C=O) groups is 1. The molecule has 0 aliphatic heterocycles. The van der Waals surface area contributed by atoms with E-state index in [0.717, 1.165) is 22.2 Å². The smallest absolute Gasteiger partial charge is 0.256 e. The van der Waals surface area contributed by atoms with E-state index in [9.17, 15) is 9.18 Å². The number of fused-ring (bicyclic) bond motifs is 1. The molecule has 1 amide bonds. The molecule has 0 bridgehead atoms. The van der Waals surface area contributed by atoms with E-state index in [1.54, 1.807) is 18.2 Å². The highest BCUT2D eigenvalue weighted by Gasteiger charge is 2.17. The van der Waals surface area contributed by atoms with Gasteiger partial charge in [-0.3, -0.25) is 9.36 Å². The van der Waals surface area contributed by atoms with Crippen molar-refractivity contribution in [2.24, 2.45) is 5.73 Å². The maximum Gasteiger partial charge on any atom is 0.256 e. The second kappa shape index (κ2) is 7.90. The summed E-state index contributed by atoms with van der Waals surface area (Å²) in [7, 11) is 0. The minimum absolute atomic E-state index is 0.286. The van der Waals surface area contributed by atoms with Gasteiger partial charge in [0.15, 0.2) is 5.82 Å². The van der Waals surface area contributed by atoms with Crippen molar-refractivity contribution in [1.82, 2.24) is 19.7 Å². The van der Waals surface area contributed by atoms with Crippen molar-refractivity contribution in [3.05, 3.63) is 76.9 Å². The number of halogens is 1. The number of nitrogens with zero attached hydrogens (tertiary/aromatic N) is 4. The Bertz CT molecular complexity index is 1250. The lowest BCUT2D eigenvalue weighted by molar-refractivity contribution is 0.100. The van der Waals surface area contributed by atoms with Crippen molar-refractivity contribution in [2.45, 2.75) is 26.8 Å². The Kier molecular flexibility index (Phi) is 5.14. The number of hydrogen-bond donors (Lipinski definition) is 2. The van der Waals surface area contributed by atoms with E-state index in [2.05, 4.69) is 20.5 Å². The van der Waals surface area contributed by atoms with Gasteiger partial charge in [-0.1, -0.05) is 25.1 Å². The summed E-state index contributed by atoms with van der Waals surface area (Å²) in [5, 5.41) is 12.6. The van der Waals surface area contributed by atoms with Crippen molar-refractivity contribution in [3.63, 3.8) is 0 Å². The largest absolute Gasteiger partial charge is 0.366 e. The SMILES string of the molecule is CCc1nnc(-n2c(C)cc3c(C(N)=O)cccc32)nc1NCc1cccc(F)c1. The van der Waals surface area contributed by atoms with Gasteiger partial charge in [0.2, 0.25) is 5.91 Å². The number of nitrogens with two attached hydrogens (primary N) is 1. The molecule has 3 N–H and O–H groups in total. The summed E-state index contributed by atoms with van der Waals surface area (Å²) in [6, 6.07) is 13.6. The average Bonchev–Trinajstić information content (AvgIpc) is 3.07. The van der Waals surface area contributed by atoms with Crippen LogP contribution in [0, 0.1) is 12.7 Å². The molecule has 0 spiro atoms. The molecule has 152 valence electrons. The molecule has 8 heteroatoms. The Morgan fingerprint density at radius 3 is 2.70 bits per heavy atom. The number of anilines is 1. The highest BCUT2D eigenvalue weighted by atomic mass is 19.1. The van der Waals surface area contributed by atoms with Crippen LogP contribution in [0.3, 0.4) is 0 Å². The maximum atomic E-state index is 13.5. The van der Waals surface area contributed by atoms with E-state index in [4.69, 9.17) is 5.73 Å². The molecule has 0 atom stereocenters. The predicted molar refractivity (Wildman–Crippen MR) is 113 cm³/mol. The van der Waals surface area contributed by atoms with Crippen LogP contribution < -0.4 is 11.1 Å². The topological polar surface area (TPSA) is 98.7 Å². The zero-order valence-electron chi connectivity index (χ0n) is 16.7. The number of carbonyl (C=O) groups excluding carboxylic acids is 1. The summed E-state index contributed by atoms with van der Waals surface area (Å²) in [6.07, 6.45) is 0.642. The molecule has 2 aromatic carbocycles. The van der Waals surface area contributed by atoms with Crippen LogP contribution in [0.4, 0.5) is 10.2 Å². The number of aromatic nitrogens is 4. The van der Waals surface area contributed by atoms with Gasteiger partial charge in [0.05, 0.1) is 5.52 Å². The van der Waals surface area contributed by atoms with Crippen LogP contribution in [0.15, 0.2) is 48.5 Å². The molecule has 0 saturated carbocycles. The molecule has 0 saturated heterocycles. The zero-order chi connectivity index (χ0) is 21.3. The molecular formula is C22H21FN6O. The van der Waals surface area contributed by atoms with Gasteiger partial charge in [-0.25, -0.2) is 4.39 Å². The first-order valence-electron chi connectivity index (χ1n) is 9.61. The molecule has 0 radical (unpaired) electrons. The van der Waals surface area contributed by atoms with Gasteiger partial charge in [-0.15, -0.1) is 10.2 Å². The lowest BCUT2D eigenvalue weighted by Gasteiger charge is -2.12. The van der Waals surface area contributed by atoms with Gasteiger partial charge in [0.1, 0.15) is 11.5 Å². The first-order chi connectivity index (χ1) is 14.5. The van der Waals surface area contributed by atoms with Crippen LogP contribution in [0.25, 0.3) is 16.9 Å². The lowest BCUT2D eigenvalue weighted by Crippen LogP contribution is -2.13. The Hall–Kier alpha value is -3.81. The van der Waals surface area contributed by atoms with E-state index in [-0.39, 0.29) is 5.82 Å². The lowest BCUT2D eigenvalue weighted by atomic mass is 10.1. The summed E-state index contributed by atoms with van der Waals surface area (Å²) in [5.74, 6) is 0.184. The highest BCUT2D eigenvalue weighted by molar-refractivity contribution is 6.06. The molecule has 4 aromatic rings. The summed E-state index contributed by atoms with van der Waals surface area (Å²) in [5.41, 5.74) is 9.08. The van der Waals surface area contributed by atoms with Crippen molar-refractivity contribution >= 4 is 22.6 Å². The quantitative estimate of drug-likeness (QED) is 0.512. The molecule has 0 aliphatic carbocycles. The number of rotatable bonds is 6. The highest BCUT2D eigenvalue weighted by Crippen LogP contribution is 2.26. The average molecular weight is 404 g/mol. The summed E-state index contributed by atoms with van der Waals surface area (Å²) < 4.78 is 15.3. The third-order valence-corrected chi connectivity index (χ3v) is 4.92.